The van der Waals surface area contributed by atoms with E-state index in [0.717, 1.165) is 28.3 Å². The van der Waals surface area contributed by atoms with Crippen LogP contribution in [0.1, 0.15) is 21.5 Å². The summed E-state index contributed by atoms with van der Waals surface area (Å²) < 4.78 is 13.3. The van der Waals surface area contributed by atoms with Crippen LogP contribution in [0.3, 0.4) is 0 Å². The largest absolute Gasteiger partial charge is 0.350 e. The first-order valence-electron chi connectivity index (χ1n) is 8.30. The Kier molecular flexibility index (Phi) is 5.71. The number of nitrogens with one attached hydrogen (secondary N) is 1. The molecule has 2 aromatic carbocycles. The van der Waals surface area contributed by atoms with Gasteiger partial charge in [-0.25, -0.2) is 4.39 Å². The van der Waals surface area contributed by atoms with Gasteiger partial charge < -0.3 is 5.32 Å². The minimum atomic E-state index is -0.497. The van der Waals surface area contributed by atoms with Crippen LogP contribution in [-0.4, -0.2) is 35.0 Å². The van der Waals surface area contributed by atoms with E-state index in [2.05, 4.69) is 5.32 Å². The van der Waals surface area contributed by atoms with Crippen LogP contribution in [0.2, 0.25) is 0 Å². The van der Waals surface area contributed by atoms with Gasteiger partial charge in [0.25, 0.3) is 17.1 Å². The smallest absolute Gasteiger partial charge is 0.293 e. The highest BCUT2D eigenvalue weighted by Crippen LogP contribution is 2.31. The molecule has 1 aliphatic heterocycles. The van der Waals surface area contributed by atoms with Gasteiger partial charge in [0, 0.05) is 18.7 Å². The summed E-state index contributed by atoms with van der Waals surface area (Å²) in [6.45, 7) is 1.85. The molecule has 5 nitrogen and oxygen atoms in total. The number of imide groups is 1. The second-order valence-electron chi connectivity index (χ2n) is 5.96. The maximum atomic E-state index is 13.3. The van der Waals surface area contributed by atoms with Crippen LogP contribution < -0.4 is 5.32 Å². The fraction of sp³-hybridized carbons (Fsp3) is 0.150. The maximum absolute atomic E-state index is 13.3. The molecule has 1 heterocycles. The Hall–Kier alpha value is -2.93. The molecule has 7 heteroatoms. The van der Waals surface area contributed by atoms with Crippen LogP contribution in [-0.2, 0) is 4.79 Å². The summed E-state index contributed by atoms with van der Waals surface area (Å²) in [6.07, 6.45) is 1.67. The highest BCUT2D eigenvalue weighted by molar-refractivity contribution is 8.18. The van der Waals surface area contributed by atoms with Gasteiger partial charge in [-0.2, -0.15) is 0 Å². The monoisotopic (exact) mass is 384 g/mol. The normalized spacial score (nSPS) is 15.5. The van der Waals surface area contributed by atoms with Crippen molar-refractivity contribution < 1.29 is 18.8 Å². The second kappa shape index (κ2) is 8.18. The highest BCUT2D eigenvalue weighted by atomic mass is 32.2. The van der Waals surface area contributed by atoms with Gasteiger partial charge in [0.15, 0.2) is 0 Å². The van der Waals surface area contributed by atoms with E-state index in [1.165, 1.54) is 12.1 Å². The van der Waals surface area contributed by atoms with Crippen molar-refractivity contribution in [1.29, 1.82) is 0 Å². The van der Waals surface area contributed by atoms with Gasteiger partial charge in [0.05, 0.1) is 4.91 Å². The summed E-state index contributed by atoms with van der Waals surface area (Å²) >= 11 is 0.872. The number of benzene rings is 2. The molecule has 1 N–H and O–H groups in total. The SMILES string of the molecule is Cc1ccc(F)cc1C(=O)NCCN1C(=O)SC(=Cc2ccccc2)C1=O. The molecule has 0 spiro atoms. The van der Waals surface area contributed by atoms with Gasteiger partial charge in [0.2, 0.25) is 0 Å². The Balaban J connectivity index is 1.60. The lowest BCUT2D eigenvalue weighted by molar-refractivity contribution is -0.122. The van der Waals surface area contributed by atoms with E-state index < -0.39 is 11.7 Å². The number of carbonyl (C=O) groups excluding carboxylic acids is 3. The Morgan fingerprint density at radius 1 is 1.19 bits per heavy atom. The zero-order valence-corrected chi connectivity index (χ0v) is 15.4. The molecular weight excluding hydrogens is 367 g/mol. The van der Waals surface area contributed by atoms with Gasteiger partial charge in [-0.3, -0.25) is 19.3 Å². The van der Waals surface area contributed by atoms with Crippen molar-refractivity contribution in [2.75, 3.05) is 13.1 Å². The predicted molar refractivity (Wildman–Crippen MR) is 103 cm³/mol. The Labute approximate surface area is 160 Å². The molecule has 1 aliphatic rings. The molecule has 1 saturated heterocycles. The van der Waals surface area contributed by atoms with E-state index in [1.54, 1.807) is 13.0 Å². The third-order valence-corrected chi connectivity index (χ3v) is 4.94. The van der Waals surface area contributed by atoms with E-state index in [1.807, 2.05) is 30.3 Å². The number of carbonyl (C=O) groups is 3. The van der Waals surface area contributed by atoms with Gasteiger partial charge >= 0.3 is 0 Å². The van der Waals surface area contributed by atoms with Crippen molar-refractivity contribution in [2.24, 2.45) is 0 Å². The number of rotatable bonds is 5. The van der Waals surface area contributed by atoms with E-state index >= 15 is 0 Å². The summed E-state index contributed by atoms with van der Waals surface area (Å²) in [5.41, 5.74) is 1.71. The zero-order valence-electron chi connectivity index (χ0n) is 14.6. The first-order chi connectivity index (χ1) is 13.0. The number of hydrogen-bond donors (Lipinski definition) is 1. The number of halogens is 1. The molecule has 1 fully saturated rings. The van der Waals surface area contributed by atoms with Crippen molar-refractivity contribution in [3.8, 4) is 0 Å². The highest BCUT2D eigenvalue weighted by Gasteiger charge is 2.34. The number of aryl methyl sites for hydroxylation is 1. The molecule has 3 rings (SSSR count). The molecule has 0 atom stereocenters. The van der Waals surface area contributed by atoms with Crippen molar-refractivity contribution in [3.63, 3.8) is 0 Å². The minimum absolute atomic E-state index is 0.0525. The fourth-order valence-corrected chi connectivity index (χ4v) is 3.47. The number of nitrogens with zero attached hydrogens (tertiary/aromatic N) is 1. The summed E-state index contributed by atoms with van der Waals surface area (Å²) in [5.74, 6) is -1.33. The van der Waals surface area contributed by atoms with Crippen molar-refractivity contribution in [3.05, 3.63) is 75.9 Å². The molecule has 0 aromatic heterocycles. The van der Waals surface area contributed by atoms with Crippen molar-refractivity contribution in [2.45, 2.75) is 6.92 Å². The molecule has 0 aliphatic carbocycles. The van der Waals surface area contributed by atoms with Crippen LogP contribution in [0.15, 0.2) is 53.4 Å². The lowest BCUT2D eigenvalue weighted by Gasteiger charge is -2.13. The third-order valence-electron chi connectivity index (χ3n) is 4.04. The summed E-state index contributed by atoms with van der Waals surface area (Å²) in [5, 5.41) is 2.24. The maximum Gasteiger partial charge on any atom is 0.293 e. The molecule has 27 heavy (non-hydrogen) atoms. The first kappa shape index (κ1) is 18.8. The second-order valence-corrected chi connectivity index (χ2v) is 6.95. The molecule has 0 saturated carbocycles. The first-order valence-corrected chi connectivity index (χ1v) is 9.12. The lowest BCUT2D eigenvalue weighted by atomic mass is 10.1. The zero-order chi connectivity index (χ0) is 19.4. The van der Waals surface area contributed by atoms with E-state index in [9.17, 15) is 18.8 Å². The molecule has 2 aromatic rings. The van der Waals surface area contributed by atoms with Crippen LogP contribution in [0.4, 0.5) is 9.18 Å². The molecule has 0 bridgehead atoms. The van der Waals surface area contributed by atoms with Crippen LogP contribution in [0.5, 0.6) is 0 Å². The Morgan fingerprint density at radius 2 is 1.93 bits per heavy atom. The van der Waals surface area contributed by atoms with Crippen LogP contribution in [0.25, 0.3) is 6.08 Å². The van der Waals surface area contributed by atoms with E-state index in [4.69, 9.17) is 0 Å². The molecule has 138 valence electrons. The van der Waals surface area contributed by atoms with Gasteiger partial charge in [-0.15, -0.1) is 0 Å². The van der Waals surface area contributed by atoms with Gasteiger partial charge in [0.1, 0.15) is 5.82 Å². The standard InChI is InChI=1S/C20H17FN2O3S/c1-13-7-8-15(21)12-16(13)18(24)22-9-10-23-19(25)17(27-20(23)26)11-14-5-3-2-4-6-14/h2-8,11-12H,9-10H2,1H3,(H,22,24). The fourth-order valence-electron chi connectivity index (χ4n) is 2.61. The summed E-state index contributed by atoms with van der Waals surface area (Å²) in [6, 6.07) is 13.2. The van der Waals surface area contributed by atoms with Gasteiger partial charge in [-0.1, -0.05) is 36.4 Å². The molecular formula is C20H17FN2O3S. The van der Waals surface area contributed by atoms with Gasteiger partial charge in [-0.05, 0) is 48.0 Å². The van der Waals surface area contributed by atoms with Crippen LogP contribution in [0, 0.1) is 12.7 Å². The molecule has 0 radical (unpaired) electrons. The Morgan fingerprint density at radius 3 is 2.67 bits per heavy atom. The number of hydrogen-bond acceptors (Lipinski definition) is 4. The quantitative estimate of drug-likeness (QED) is 0.800. The number of amides is 3. The molecule has 0 unspecified atom stereocenters. The minimum Gasteiger partial charge on any atom is -0.350 e. The molecule has 3 amide bonds. The van der Waals surface area contributed by atoms with Crippen LogP contribution >= 0.6 is 11.8 Å². The van der Waals surface area contributed by atoms with Crippen molar-refractivity contribution >= 4 is 34.9 Å². The van der Waals surface area contributed by atoms with E-state index in [0.29, 0.717) is 10.5 Å². The average molecular weight is 384 g/mol. The summed E-state index contributed by atoms with van der Waals surface area (Å²) in [4.78, 5) is 38.1. The predicted octanol–water partition coefficient (Wildman–Crippen LogP) is 3.60. The third kappa shape index (κ3) is 4.43. The average Bonchev–Trinajstić information content (AvgIpc) is 2.91. The van der Waals surface area contributed by atoms with E-state index in [-0.39, 0.29) is 29.8 Å². The lowest BCUT2D eigenvalue weighted by Crippen LogP contribution is -2.37. The number of thioether (sulfide) groups is 1. The topological polar surface area (TPSA) is 66.5 Å². The Bertz CT molecular complexity index is 928. The van der Waals surface area contributed by atoms with Crippen molar-refractivity contribution in [1.82, 2.24) is 10.2 Å². The summed E-state index contributed by atoms with van der Waals surface area (Å²) in [7, 11) is 0.